The van der Waals surface area contributed by atoms with Gasteiger partial charge in [0.1, 0.15) is 8.42 Å². The molecule has 37 heavy (non-hydrogen) atoms. The zero-order valence-electron chi connectivity index (χ0n) is 23.2. The van der Waals surface area contributed by atoms with E-state index < -0.39 is 38.2 Å². The molecular weight excluding hydrogens is 551 g/mol. The second kappa shape index (κ2) is 14.0. The van der Waals surface area contributed by atoms with E-state index in [1.807, 2.05) is 33.8 Å². The molecule has 0 aliphatic heterocycles. The Kier molecular flexibility index (Phi) is 13.0. The van der Waals surface area contributed by atoms with Gasteiger partial charge < -0.3 is 10.0 Å². The quantitative estimate of drug-likeness (QED) is 0.291. The van der Waals surface area contributed by atoms with Crippen LogP contribution < -0.4 is 14.9 Å². The van der Waals surface area contributed by atoms with Crippen LogP contribution in [-0.2, 0) is 32.9 Å². The molecule has 0 saturated heterocycles. The summed E-state index contributed by atoms with van der Waals surface area (Å²) in [5.74, 6) is 0. The van der Waals surface area contributed by atoms with E-state index in [2.05, 4.69) is 16.4 Å². The zero-order valence-corrected chi connectivity index (χ0v) is 26.5. The number of rotatable bonds is 11. The lowest BCUT2D eigenvalue weighted by molar-refractivity contribution is 0.424. The van der Waals surface area contributed by atoms with E-state index in [9.17, 15) is 26.9 Å². The van der Waals surface area contributed by atoms with Crippen molar-refractivity contribution in [3.63, 3.8) is 0 Å². The van der Waals surface area contributed by atoms with Crippen molar-refractivity contribution < 1.29 is 26.9 Å². The molecule has 8 nitrogen and oxygen atoms in total. The molecule has 212 valence electrons. The summed E-state index contributed by atoms with van der Waals surface area (Å²) in [7, 11) is -8.89. The first-order valence-electron chi connectivity index (χ1n) is 12.5. The van der Waals surface area contributed by atoms with Crippen molar-refractivity contribution >= 4 is 55.3 Å². The van der Waals surface area contributed by atoms with Gasteiger partial charge in [0.2, 0.25) is 10.0 Å². The molecule has 2 rings (SSSR count). The van der Waals surface area contributed by atoms with E-state index in [0.29, 0.717) is 4.21 Å². The van der Waals surface area contributed by atoms with Crippen molar-refractivity contribution in [2.24, 2.45) is 0 Å². The molecule has 0 atom stereocenters. The van der Waals surface area contributed by atoms with Crippen LogP contribution >= 0.6 is 22.7 Å². The highest BCUT2D eigenvalue weighted by molar-refractivity contribution is 7.92. The number of hydrogen-bond acceptors (Lipinski definition) is 8. The standard InChI is InChI=1S/C12H22BNO4S2.C12H21NO2S2/c1-5-6-7-9-8-10(13(15)16)11(19-9)20(17,18)14-12(2,3)4;1-5-6-7-10-8-9-11(16-10)17(14,15)13-12(2,3)4/h8,14-16H,5-7H2,1-4H3;8-9,13H,5-7H2,1-4H3. The van der Waals surface area contributed by atoms with E-state index in [1.54, 1.807) is 32.9 Å². The number of aryl methyl sites for hydroxylation is 2. The molecule has 13 heteroatoms. The highest BCUT2D eigenvalue weighted by Crippen LogP contribution is 2.25. The summed E-state index contributed by atoms with van der Waals surface area (Å²) >= 11 is 2.47. The Morgan fingerprint density at radius 3 is 1.73 bits per heavy atom. The number of sulfonamides is 2. The SMILES string of the molecule is CCCCc1cc(B(O)O)c(S(=O)(=O)NC(C)(C)C)s1.CCCCc1ccc(S(=O)(=O)NC(C)(C)C)s1. The molecule has 0 aliphatic carbocycles. The third-order valence-corrected chi connectivity index (χ3v) is 11.5. The Bertz CT molecular complexity index is 1190. The van der Waals surface area contributed by atoms with Gasteiger partial charge in [-0.05, 0) is 85.4 Å². The topological polar surface area (TPSA) is 133 Å². The Hall–Kier alpha value is -0.795. The minimum absolute atomic E-state index is 0.00599. The van der Waals surface area contributed by atoms with E-state index in [4.69, 9.17) is 0 Å². The first kappa shape index (κ1) is 34.2. The summed E-state index contributed by atoms with van der Waals surface area (Å²) in [5, 5.41) is 18.7. The molecule has 2 aromatic heterocycles. The van der Waals surface area contributed by atoms with Gasteiger partial charge in [-0.15, -0.1) is 22.7 Å². The van der Waals surface area contributed by atoms with Crippen molar-refractivity contribution in [3.05, 3.63) is 28.0 Å². The average molecular weight is 595 g/mol. The van der Waals surface area contributed by atoms with Crippen molar-refractivity contribution in [2.45, 2.75) is 113 Å². The summed E-state index contributed by atoms with van der Waals surface area (Å²) in [5.41, 5.74) is -1.01. The van der Waals surface area contributed by atoms with Crippen LogP contribution in [0.5, 0.6) is 0 Å². The molecule has 0 aliphatic rings. The smallest absolute Gasteiger partial charge is 0.423 e. The van der Waals surface area contributed by atoms with E-state index in [-0.39, 0.29) is 9.67 Å². The van der Waals surface area contributed by atoms with Gasteiger partial charge in [-0.25, -0.2) is 26.3 Å². The van der Waals surface area contributed by atoms with E-state index in [1.165, 1.54) is 11.3 Å². The molecule has 4 N–H and O–H groups in total. The van der Waals surface area contributed by atoms with Crippen LogP contribution in [0.25, 0.3) is 0 Å². The van der Waals surface area contributed by atoms with Crippen molar-refractivity contribution in [1.82, 2.24) is 9.44 Å². The summed E-state index contributed by atoms with van der Waals surface area (Å²) < 4.78 is 54.4. The minimum Gasteiger partial charge on any atom is -0.423 e. The predicted octanol–water partition coefficient (Wildman–Crippen LogP) is 4.01. The van der Waals surface area contributed by atoms with Crippen molar-refractivity contribution in [3.8, 4) is 0 Å². The summed E-state index contributed by atoms with van der Waals surface area (Å²) in [6, 6.07) is 5.18. The zero-order chi connectivity index (χ0) is 28.7. The molecular formula is C24H43BN2O6S4. The molecule has 2 heterocycles. The molecule has 0 spiro atoms. The highest BCUT2D eigenvalue weighted by atomic mass is 32.3. The van der Waals surface area contributed by atoms with Gasteiger partial charge in [0.25, 0.3) is 10.0 Å². The predicted molar refractivity (Wildman–Crippen MR) is 156 cm³/mol. The maximum atomic E-state index is 12.3. The van der Waals surface area contributed by atoms with Crippen LogP contribution in [0.4, 0.5) is 0 Å². The van der Waals surface area contributed by atoms with Gasteiger partial charge in [0.05, 0.1) is 0 Å². The summed E-state index contributed by atoms with van der Waals surface area (Å²) in [6.45, 7) is 14.9. The highest BCUT2D eigenvalue weighted by Gasteiger charge is 2.31. The molecule has 2 aromatic rings. The van der Waals surface area contributed by atoms with Gasteiger partial charge in [-0.1, -0.05) is 26.7 Å². The number of thiophene rings is 2. The lowest BCUT2D eigenvalue weighted by Crippen LogP contribution is -2.43. The maximum Gasteiger partial charge on any atom is 0.490 e. The van der Waals surface area contributed by atoms with Crippen LogP contribution in [0.15, 0.2) is 26.6 Å². The van der Waals surface area contributed by atoms with Crippen LogP contribution in [0.1, 0.15) is 90.8 Å². The van der Waals surface area contributed by atoms with Crippen LogP contribution in [0, 0.1) is 0 Å². The number of unbranched alkanes of at least 4 members (excludes halogenated alkanes) is 2. The Labute approximate surface area is 232 Å². The van der Waals surface area contributed by atoms with Crippen LogP contribution in [0.2, 0.25) is 0 Å². The third kappa shape index (κ3) is 12.3. The Balaban J connectivity index is 0.000000375. The van der Waals surface area contributed by atoms with E-state index >= 15 is 0 Å². The first-order valence-corrected chi connectivity index (χ1v) is 17.1. The number of hydrogen-bond donors (Lipinski definition) is 4. The van der Waals surface area contributed by atoms with Crippen LogP contribution in [0.3, 0.4) is 0 Å². The average Bonchev–Trinajstić information content (AvgIpc) is 3.36. The van der Waals surface area contributed by atoms with E-state index in [0.717, 1.165) is 59.6 Å². The molecule has 0 bridgehead atoms. The monoisotopic (exact) mass is 594 g/mol. The molecule has 0 aromatic carbocycles. The molecule has 0 radical (unpaired) electrons. The summed E-state index contributed by atoms with van der Waals surface area (Å²) in [4.78, 5) is 1.99. The second-order valence-electron chi connectivity index (χ2n) is 11.0. The Morgan fingerprint density at radius 1 is 0.784 bits per heavy atom. The fourth-order valence-electron chi connectivity index (χ4n) is 3.19. The Morgan fingerprint density at radius 2 is 1.27 bits per heavy atom. The van der Waals surface area contributed by atoms with Gasteiger partial charge >= 0.3 is 7.12 Å². The fraction of sp³-hybridized carbons (Fsp3) is 0.667. The van der Waals surface area contributed by atoms with Gasteiger partial charge in [0, 0.05) is 26.3 Å². The lowest BCUT2D eigenvalue weighted by Gasteiger charge is -2.20. The normalized spacial score (nSPS) is 12.8. The largest absolute Gasteiger partial charge is 0.490 e. The molecule has 0 amide bonds. The van der Waals surface area contributed by atoms with Gasteiger partial charge in [0.15, 0.2) is 0 Å². The molecule has 0 fully saturated rings. The lowest BCUT2D eigenvalue weighted by atomic mass is 9.82. The third-order valence-electron chi connectivity index (χ3n) is 4.63. The maximum absolute atomic E-state index is 12.3. The van der Waals surface area contributed by atoms with Gasteiger partial charge in [-0.3, -0.25) is 0 Å². The second-order valence-corrected chi connectivity index (χ2v) is 17.1. The van der Waals surface area contributed by atoms with Gasteiger partial charge in [-0.2, -0.15) is 0 Å². The number of nitrogens with one attached hydrogen (secondary N) is 2. The first-order chi connectivity index (χ1) is 16.8. The fourth-order valence-corrected chi connectivity index (χ4v) is 9.22. The van der Waals surface area contributed by atoms with Crippen molar-refractivity contribution in [2.75, 3.05) is 0 Å². The van der Waals surface area contributed by atoms with Crippen LogP contribution in [-0.4, -0.2) is 45.1 Å². The minimum atomic E-state index is -3.75. The molecule has 0 unspecified atom stereocenters. The molecule has 0 saturated carbocycles. The van der Waals surface area contributed by atoms with Crippen molar-refractivity contribution in [1.29, 1.82) is 0 Å². The summed E-state index contributed by atoms with van der Waals surface area (Å²) in [6.07, 6.45) is 5.87.